The van der Waals surface area contributed by atoms with Crippen LogP contribution >= 0.6 is 0 Å². The number of anilines is 1. The van der Waals surface area contributed by atoms with Crippen LogP contribution in [0.25, 0.3) is 0 Å². The molecule has 0 radical (unpaired) electrons. The molecular weight excluding hydrogens is 486 g/mol. The van der Waals surface area contributed by atoms with E-state index < -0.39 is 35.1 Å². The second kappa shape index (κ2) is 10.8. The predicted octanol–water partition coefficient (Wildman–Crippen LogP) is 3.11. The lowest BCUT2D eigenvalue weighted by molar-refractivity contribution is -0.150. The Balaban J connectivity index is 1.69. The van der Waals surface area contributed by atoms with Crippen molar-refractivity contribution in [3.63, 3.8) is 0 Å². The molecule has 1 aromatic rings. The van der Waals surface area contributed by atoms with Crippen LogP contribution in [0.5, 0.6) is 5.75 Å². The molecule has 0 saturated carbocycles. The number of carbonyl (C=O) groups is 3. The Hall–Kier alpha value is -2.65. The fourth-order valence-electron chi connectivity index (χ4n) is 6.89. The molecule has 0 aromatic heterocycles. The number of likely N-dealkylation sites (tertiary alicyclic amines) is 1. The molecule has 3 N–H and O–H groups in total. The number of nitrogens with zero attached hydrogens (tertiary/aromatic N) is 1. The van der Waals surface area contributed by atoms with Crippen LogP contribution in [0, 0.1) is 17.8 Å². The first-order valence-electron chi connectivity index (χ1n) is 14.0. The van der Waals surface area contributed by atoms with Crippen LogP contribution in [0.15, 0.2) is 24.3 Å². The van der Waals surface area contributed by atoms with Gasteiger partial charge in [0.1, 0.15) is 17.4 Å². The number of amides is 3. The average Bonchev–Trinajstić information content (AvgIpc) is 3.42. The van der Waals surface area contributed by atoms with Crippen molar-refractivity contribution in [1.29, 1.82) is 0 Å². The van der Waals surface area contributed by atoms with Crippen LogP contribution in [-0.4, -0.2) is 70.3 Å². The van der Waals surface area contributed by atoms with Gasteiger partial charge in [0.05, 0.1) is 36.7 Å². The Morgan fingerprint density at radius 1 is 1.16 bits per heavy atom. The van der Waals surface area contributed by atoms with Crippen molar-refractivity contribution in [3.05, 3.63) is 24.3 Å². The highest BCUT2D eigenvalue weighted by Gasteiger charge is 2.78. The molecule has 210 valence electrons. The van der Waals surface area contributed by atoms with Gasteiger partial charge in [-0.3, -0.25) is 14.4 Å². The van der Waals surface area contributed by atoms with Gasteiger partial charge in [0.2, 0.25) is 17.7 Å². The van der Waals surface area contributed by atoms with Gasteiger partial charge in [-0.05, 0) is 70.2 Å². The van der Waals surface area contributed by atoms with E-state index in [1.165, 1.54) is 4.90 Å². The van der Waals surface area contributed by atoms with Crippen molar-refractivity contribution in [2.75, 3.05) is 18.5 Å². The van der Waals surface area contributed by atoms with Crippen LogP contribution in [0.1, 0.15) is 67.2 Å². The second-order valence-electron chi connectivity index (χ2n) is 11.6. The summed E-state index contributed by atoms with van der Waals surface area (Å²) in [5, 5.41) is 16.4. The summed E-state index contributed by atoms with van der Waals surface area (Å²) >= 11 is 0. The largest absolute Gasteiger partial charge is 0.494 e. The van der Waals surface area contributed by atoms with E-state index >= 15 is 0 Å². The molecule has 3 amide bonds. The van der Waals surface area contributed by atoms with Gasteiger partial charge in [0, 0.05) is 11.7 Å². The molecule has 3 fully saturated rings. The van der Waals surface area contributed by atoms with Crippen LogP contribution < -0.4 is 15.4 Å². The van der Waals surface area contributed by atoms with Crippen LogP contribution in [0.2, 0.25) is 0 Å². The van der Waals surface area contributed by atoms with Gasteiger partial charge in [-0.15, -0.1) is 0 Å². The summed E-state index contributed by atoms with van der Waals surface area (Å²) in [6.07, 6.45) is 2.78. The normalized spacial score (nSPS) is 31.3. The van der Waals surface area contributed by atoms with E-state index in [1.807, 2.05) is 34.6 Å². The number of fused-ring (bicyclic) bond motifs is 1. The molecule has 2 bridgehead atoms. The fourth-order valence-corrected chi connectivity index (χ4v) is 6.89. The van der Waals surface area contributed by atoms with Gasteiger partial charge >= 0.3 is 0 Å². The van der Waals surface area contributed by atoms with E-state index in [0.717, 1.165) is 12.8 Å². The maximum absolute atomic E-state index is 14.2. The molecule has 9 nitrogen and oxygen atoms in total. The average molecular weight is 530 g/mol. The summed E-state index contributed by atoms with van der Waals surface area (Å²) < 4.78 is 12.2. The lowest BCUT2D eigenvalue weighted by Crippen LogP contribution is -2.59. The highest BCUT2D eigenvalue weighted by Crippen LogP contribution is 2.63. The van der Waals surface area contributed by atoms with E-state index in [1.54, 1.807) is 24.3 Å². The number of hydrogen-bond donors (Lipinski definition) is 3. The minimum Gasteiger partial charge on any atom is -0.494 e. The van der Waals surface area contributed by atoms with Gasteiger partial charge < -0.3 is 30.1 Å². The molecule has 38 heavy (non-hydrogen) atoms. The topological polar surface area (TPSA) is 117 Å². The maximum Gasteiger partial charge on any atom is 0.246 e. The number of ether oxygens (including phenoxy) is 2. The first-order valence-corrected chi connectivity index (χ1v) is 14.0. The van der Waals surface area contributed by atoms with Crippen LogP contribution in [0.3, 0.4) is 0 Å². The molecule has 3 unspecified atom stereocenters. The minimum absolute atomic E-state index is 0.0699. The molecule has 3 heterocycles. The molecule has 3 aliphatic heterocycles. The summed E-state index contributed by atoms with van der Waals surface area (Å²) in [7, 11) is 0. The van der Waals surface area contributed by atoms with Crippen molar-refractivity contribution < 1.29 is 29.0 Å². The molecule has 9 heteroatoms. The van der Waals surface area contributed by atoms with E-state index in [2.05, 4.69) is 17.6 Å². The van der Waals surface area contributed by atoms with Gasteiger partial charge in [-0.1, -0.05) is 27.2 Å². The van der Waals surface area contributed by atoms with E-state index in [0.29, 0.717) is 30.9 Å². The Bertz CT molecular complexity index is 1050. The van der Waals surface area contributed by atoms with Gasteiger partial charge in [0.25, 0.3) is 0 Å². The Morgan fingerprint density at radius 2 is 1.84 bits per heavy atom. The number of nitrogens with one attached hydrogen (secondary N) is 2. The Kier molecular flexibility index (Phi) is 8.09. The molecular formula is C29H43N3O6. The molecule has 3 saturated heterocycles. The number of aliphatic hydroxyl groups is 1. The molecule has 3 aliphatic rings. The summed E-state index contributed by atoms with van der Waals surface area (Å²) in [6, 6.07) is 5.56. The zero-order valence-corrected chi connectivity index (χ0v) is 23.5. The molecule has 1 spiro atoms. The third-order valence-corrected chi connectivity index (χ3v) is 8.60. The summed E-state index contributed by atoms with van der Waals surface area (Å²) in [4.78, 5) is 43.3. The monoisotopic (exact) mass is 529 g/mol. The summed E-state index contributed by atoms with van der Waals surface area (Å²) in [6.45, 7) is 11.9. The third-order valence-electron chi connectivity index (χ3n) is 8.60. The van der Waals surface area contributed by atoms with Crippen LogP contribution in [0.4, 0.5) is 5.69 Å². The van der Waals surface area contributed by atoms with Crippen molar-refractivity contribution in [3.8, 4) is 5.75 Å². The third kappa shape index (κ3) is 4.68. The summed E-state index contributed by atoms with van der Waals surface area (Å²) in [5.74, 6) is -1.84. The molecule has 4 rings (SSSR count). The SMILES string of the molecule is CCCC(C)NC(=O)C1N([C@@H](CO)C(C)C)C(=O)[C@@H]2[C@H](C(=O)Nc3ccc(OCC)cc3)[C@]3(C)CCC12O3. The quantitative estimate of drug-likeness (QED) is 0.406. The van der Waals surface area contributed by atoms with Crippen molar-refractivity contribution in [2.45, 2.75) is 96.6 Å². The minimum atomic E-state index is -1.12. The van der Waals surface area contributed by atoms with Gasteiger partial charge in [-0.25, -0.2) is 0 Å². The Morgan fingerprint density at radius 3 is 2.42 bits per heavy atom. The number of hydrogen-bond acceptors (Lipinski definition) is 6. The van der Waals surface area contributed by atoms with Crippen LogP contribution in [-0.2, 0) is 19.1 Å². The standard InChI is InChI=1S/C29H43N3O6/c1-7-9-18(5)30-26(35)24-29-15-14-28(6,38-29)22(23(29)27(36)32(24)21(16-33)17(3)4)25(34)31-19-10-12-20(13-11-19)37-8-2/h10-13,17-18,21-24,33H,7-9,14-16H2,1-6H3,(H,30,35)(H,31,34)/t18?,21-,22+,23-,24?,28-,29?/m0/s1. The van der Waals surface area contributed by atoms with Crippen molar-refractivity contribution in [1.82, 2.24) is 10.2 Å². The first kappa shape index (κ1) is 28.4. The highest BCUT2D eigenvalue weighted by molar-refractivity contribution is 6.02. The van der Waals surface area contributed by atoms with Gasteiger partial charge in [-0.2, -0.15) is 0 Å². The zero-order valence-electron chi connectivity index (χ0n) is 23.5. The van der Waals surface area contributed by atoms with Crippen molar-refractivity contribution in [2.24, 2.45) is 17.8 Å². The predicted molar refractivity (Wildman–Crippen MR) is 144 cm³/mol. The molecule has 7 atom stereocenters. The lowest BCUT2D eigenvalue weighted by atomic mass is 9.66. The number of benzene rings is 1. The fraction of sp³-hybridized carbons (Fsp3) is 0.690. The highest BCUT2D eigenvalue weighted by atomic mass is 16.5. The van der Waals surface area contributed by atoms with E-state index in [-0.39, 0.29) is 36.3 Å². The second-order valence-corrected chi connectivity index (χ2v) is 11.6. The number of rotatable bonds is 11. The lowest BCUT2D eigenvalue weighted by Gasteiger charge is -2.39. The zero-order chi connectivity index (χ0) is 27.8. The van der Waals surface area contributed by atoms with E-state index in [4.69, 9.17) is 9.47 Å². The number of aliphatic hydroxyl groups excluding tert-OH is 1. The Labute approximate surface area is 225 Å². The van der Waals surface area contributed by atoms with Crippen molar-refractivity contribution >= 4 is 23.4 Å². The molecule has 0 aliphatic carbocycles. The van der Waals surface area contributed by atoms with Gasteiger partial charge in [0.15, 0.2) is 0 Å². The smallest absolute Gasteiger partial charge is 0.246 e. The maximum atomic E-state index is 14.2. The van der Waals surface area contributed by atoms with E-state index in [9.17, 15) is 19.5 Å². The molecule has 1 aromatic carbocycles. The number of carbonyl (C=O) groups excluding carboxylic acids is 3. The summed E-state index contributed by atoms with van der Waals surface area (Å²) in [5.41, 5.74) is -1.40. The first-order chi connectivity index (χ1) is 18.0.